The molecule has 0 aliphatic carbocycles. The maximum atomic E-state index is 11.9. The second kappa shape index (κ2) is 9.29. The van der Waals surface area contributed by atoms with Crippen molar-refractivity contribution in [2.24, 2.45) is 0 Å². The maximum absolute atomic E-state index is 11.9. The lowest BCUT2D eigenvalue weighted by molar-refractivity contribution is -0.125. The van der Waals surface area contributed by atoms with Gasteiger partial charge in [-0.3, -0.25) is 9.69 Å². The molecule has 10 nitrogen and oxygen atoms in total. The van der Waals surface area contributed by atoms with E-state index in [2.05, 4.69) is 45.8 Å². The fourth-order valence-electron chi connectivity index (χ4n) is 5.83. The summed E-state index contributed by atoms with van der Waals surface area (Å²) in [4.78, 5) is 27.3. The number of ether oxygens (including phenoxy) is 1. The van der Waals surface area contributed by atoms with Crippen molar-refractivity contribution in [3.8, 4) is 5.75 Å². The molecule has 1 aromatic heterocycles. The summed E-state index contributed by atoms with van der Waals surface area (Å²) < 4.78 is 30.1. The van der Waals surface area contributed by atoms with Crippen molar-refractivity contribution >= 4 is 33.1 Å². The summed E-state index contributed by atoms with van der Waals surface area (Å²) in [7, 11) is -2.99. The molecule has 1 atom stereocenters. The van der Waals surface area contributed by atoms with Gasteiger partial charge in [-0.15, -0.1) is 0 Å². The van der Waals surface area contributed by atoms with E-state index in [4.69, 9.17) is 4.74 Å². The number of nitrogens with zero attached hydrogens (tertiary/aromatic N) is 5. The fraction of sp³-hybridized carbons (Fsp3) is 0.500. The van der Waals surface area contributed by atoms with Crippen LogP contribution in [0.2, 0.25) is 0 Å². The summed E-state index contributed by atoms with van der Waals surface area (Å²) in [5.41, 5.74) is 4.06. The summed E-state index contributed by atoms with van der Waals surface area (Å²) in [5.74, 6) is 2.93. The number of hydrogen-bond donors (Lipinski definition) is 1. The van der Waals surface area contributed by atoms with Gasteiger partial charge in [-0.1, -0.05) is 12.6 Å². The molecule has 2 aromatic rings. The summed E-state index contributed by atoms with van der Waals surface area (Å²) in [6.07, 6.45) is 3.93. The van der Waals surface area contributed by atoms with Crippen molar-refractivity contribution in [3.63, 3.8) is 0 Å². The molecule has 11 heteroatoms. The van der Waals surface area contributed by atoms with Crippen molar-refractivity contribution in [2.75, 3.05) is 61.0 Å². The second-order valence-corrected chi connectivity index (χ2v) is 12.7. The highest BCUT2D eigenvalue weighted by molar-refractivity contribution is 7.91. The highest BCUT2D eigenvalue weighted by Gasteiger charge is 2.38. The number of hydrogen-bond acceptors (Lipinski definition) is 9. The van der Waals surface area contributed by atoms with E-state index in [1.807, 2.05) is 9.80 Å². The van der Waals surface area contributed by atoms with Crippen molar-refractivity contribution in [3.05, 3.63) is 47.8 Å². The SMILES string of the molecule is C=CC(=O)N1CC[C@@H](N2CC(c3cc(C)c4c(c3)Nc3ncnc(N5CCS(=O)(=O)CC5)c3CO4)C2)C1. The minimum Gasteiger partial charge on any atom is -0.486 e. The fourth-order valence-corrected chi connectivity index (χ4v) is 7.03. The van der Waals surface area contributed by atoms with E-state index in [-0.39, 0.29) is 17.4 Å². The third-order valence-corrected chi connectivity index (χ3v) is 9.63. The average molecular weight is 525 g/mol. The minimum atomic E-state index is -2.99. The van der Waals surface area contributed by atoms with Crippen molar-refractivity contribution in [1.82, 2.24) is 19.8 Å². The first-order valence-corrected chi connectivity index (χ1v) is 14.6. The summed E-state index contributed by atoms with van der Waals surface area (Å²) in [6, 6.07) is 4.79. The number of carbonyl (C=O) groups excluding carboxylic acids is 1. The third-order valence-electron chi connectivity index (χ3n) is 8.02. The summed E-state index contributed by atoms with van der Waals surface area (Å²) in [6.45, 7) is 10.3. The second-order valence-electron chi connectivity index (χ2n) is 10.4. The van der Waals surface area contributed by atoms with Gasteiger partial charge in [0.25, 0.3) is 0 Å². The number of rotatable bonds is 4. The van der Waals surface area contributed by atoms with Gasteiger partial charge in [-0.05, 0) is 36.6 Å². The Morgan fingerprint density at radius 1 is 1.16 bits per heavy atom. The third kappa shape index (κ3) is 4.54. The molecule has 0 radical (unpaired) electrons. The molecule has 1 amide bonds. The molecule has 3 fully saturated rings. The van der Waals surface area contributed by atoms with E-state index < -0.39 is 9.84 Å². The van der Waals surface area contributed by atoms with Gasteiger partial charge in [-0.25, -0.2) is 18.4 Å². The van der Waals surface area contributed by atoms with Gasteiger partial charge < -0.3 is 19.9 Å². The van der Waals surface area contributed by atoms with E-state index >= 15 is 0 Å². The Morgan fingerprint density at radius 2 is 1.95 bits per heavy atom. The number of nitrogens with one attached hydrogen (secondary N) is 1. The van der Waals surface area contributed by atoms with Gasteiger partial charge in [-0.2, -0.15) is 0 Å². The lowest BCUT2D eigenvalue weighted by Crippen LogP contribution is -2.51. The van der Waals surface area contributed by atoms with Crippen LogP contribution in [-0.2, 0) is 21.2 Å². The summed E-state index contributed by atoms with van der Waals surface area (Å²) in [5, 5.41) is 3.49. The number of likely N-dealkylation sites (tertiary alicyclic amines) is 2. The molecular weight excluding hydrogens is 492 g/mol. The van der Waals surface area contributed by atoms with Crippen LogP contribution in [0, 0.1) is 6.92 Å². The smallest absolute Gasteiger partial charge is 0.246 e. The molecule has 3 saturated heterocycles. The number of anilines is 3. The Balaban J connectivity index is 1.18. The van der Waals surface area contributed by atoms with E-state index in [1.165, 1.54) is 18.0 Å². The van der Waals surface area contributed by atoms with E-state index in [1.54, 1.807) is 0 Å². The highest BCUT2D eigenvalue weighted by Crippen LogP contribution is 2.42. The lowest BCUT2D eigenvalue weighted by Gasteiger charge is -2.43. The van der Waals surface area contributed by atoms with Gasteiger partial charge in [0.15, 0.2) is 9.84 Å². The number of benzene rings is 1. The molecule has 0 saturated carbocycles. The monoisotopic (exact) mass is 524 g/mol. The molecule has 4 aliphatic heterocycles. The van der Waals surface area contributed by atoms with Gasteiger partial charge >= 0.3 is 0 Å². The first-order chi connectivity index (χ1) is 17.8. The quantitative estimate of drug-likeness (QED) is 0.600. The predicted octanol–water partition coefficient (Wildman–Crippen LogP) is 1.84. The average Bonchev–Trinajstić information content (AvgIpc) is 3.24. The Morgan fingerprint density at radius 3 is 2.70 bits per heavy atom. The van der Waals surface area contributed by atoms with Crippen LogP contribution in [0.5, 0.6) is 5.75 Å². The normalized spacial score (nSPS) is 23.2. The zero-order valence-corrected chi connectivity index (χ0v) is 21.8. The first kappa shape index (κ1) is 24.2. The van der Waals surface area contributed by atoms with Crippen LogP contribution in [0.3, 0.4) is 0 Å². The van der Waals surface area contributed by atoms with Crippen molar-refractivity contribution < 1.29 is 17.9 Å². The number of aryl methyl sites for hydroxylation is 1. The number of carbonyl (C=O) groups is 1. The van der Waals surface area contributed by atoms with Gasteiger partial charge in [0.1, 0.15) is 30.3 Å². The van der Waals surface area contributed by atoms with Gasteiger partial charge in [0.05, 0.1) is 22.8 Å². The van der Waals surface area contributed by atoms with Gasteiger partial charge in [0, 0.05) is 51.2 Å². The molecule has 0 unspecified atom stereocenters. The largest absolute Gasteiger partial charge is 0.486 e. The molecule has 196 valence electrons. The van der Waals surface area contributed by atoms with Gasteiger partial charge in [0.2, 0.25) is 5.91 Å². The topological polar surface area (TPSA) is 108 Å². The Hall–Kier alpha value is -3.18. The lowest BCUT2D eigenvalue weighted by atomic mass is 9.88. The molecule has 1 N–H and O–H groups in total. The van der Waals surface area contributed by atoms with Crippen LogP contribution in [0.4, 0.5) is 17.3 Å². The predicted molar refractivity (Wildman–Crippen MR) is 141 cm³/mol. The van der Waals surface area contributed by atoms with Crippen molar-refractivity contribution in [1.29, 1.82) is 0 Å². The van der Waals surface area contributed by atoms with E-state index in [0.717, 1.165) is 61.0 Å². The van der Waals surface area contributed by atoms with Crippen LogP contribution in [0.1, 0.15) is 29.0 Å². The standard InChI is InChI=1S/C26H32N6O4S/c1-3-23(33)31-5-4-20(14-31)32-12-19(13-32)18-10-17(2)24-22(11-18)29-25-21(15-36-24)26(28-16-27-25)30-6-8-37(34,35)9-7-30/h3,10-11,16,19-20H,1,4-9,12-15H2,2H3,(H,27,28,29)/t20-/m1/s1. The molecule has 37 heavy (non-hydrogen) atoms. The molecule has 1 aromatic carbocycles. The molecule has 0 bridgehead atoms. The zero-order valence-electron chi connectivity index (χ0n) is 21.0. The first-order valence-electron chi connectivity index (χ1n) is 12.8. The van der Waals surface area contributed by atoms with Crippen LogP contribution in [-0.4, -0.2) is 90.9 Å². The molecule has 0 spiro atoms. The molecular formula is C26H32N6O4S. The molecule has 6 rings (SSSR count). The van der Waals surface area contributed by atoms with Crippen LogP contribution in [0.25, 0.3) is 0 Å². The van der Waals surface area contributed by atoms with Crippen LogP contribution in [0.15, 0.2) is 31.1 Å². The number of sulfone groups is 1. The Kier molecular flexibility index (Phi) is 6.07. The van der Waals surface area contributed by atoms with Crippen LogP contribution < -0.4 is 15.0 Å². The van der Waals surface area contributed by atoms with Crippen LogP contribution >= 0.6 is 0 Å². The number of fused-ring (bicyclic) bond motifs is 2. The van der Waals surface area contributed by atoms with Crippen molar-refractivity contribution in [2.45, 2.75) is 31.9 Å². The number of amides is 1. The van der Waals surface area contributed by atoms with E-state index in [0.29, 0.717) is 37.5 Å². The molecule has 5 heterocycles. The minimum absolute atomic E-state index is 0.0181. The molecule has 4 aliphatic rings. The Bertz CT molecular complexity index is 1340. The highest BCUT2D eigenvalue weighted by atomic mass is 32.2. The number of aromatic nitrogens is 2. The van der Waals surface area contributed by atoms with E-state index in [9.17, 15) is 13.2 Å². The Labute approximate surface area is 217 Å². The maximum Gasteiger partial charge on any atom is 0.246 e. The summed E-state index contributed by atoms with van der Waals surface area (Å²) >= 11 is 0. The zero-order chi connectivity index (χ0) is 25.7.